The molecule has 0 aliphatic carbocycles. The topological polar surface area (TPSA) is 0 Å². The lowest BCUT2D eigenvalue weighted by molar-refractivity contribution is 0.536. The highest BCUT2D eigenvalue weighted by Crippen LogP contribution is 2.21. The van der Waals surface area contributed by atoms with Gasteiger partial charge < -0.3 is 0 Å². The van der Waals surface area contributed by atoms with Crippen LogP contribution in [-0.2, 0) is 0 Å². The summed E-state index contributed by atoms with van der Waals surface area (Å²) in [5, 5.41) is 0. The predicted octanol–water partition coefficient (Wildman–Crippen LogP) is 8.61. The summed E-state index contributed by atoms with van der Waals surface area (Å²) in [4.78, 5) is 0. The first-order valence-electron chi connectivity index (χ1n) is 9.30. The van der Waals surface area contributed by atoms with Gasteiger partial charge in [0, 0.05) is 0 Å². The van der Waals surface area contributed by atoms with E-state index >= 15 is 0 Å². The fourth-order valence-corrected chi connectivity index (χ4v) is 3.91. The maximum absolute atomic E-state index is 5.78. The minimum absolute atomic E-state index is 1.05. The molecule has 0 saturated carbocycles. The molecule has 0 saturated heterocycles. The summed E-state index contributed by atoms with van der Waals surface area (Å²) in [5.74, 6) is 0. The van der Waals surface area contributed by atoms with Crippen LogP contribution < -0.4 is 0 Å². The summed E-state index contributed by atoms with van der Waals surface area (Å²) in [5.41, 5.74) is 1.79. The first-order chi connectivity index (χ1) is 10.6. The highest BCUT2D eigenvalue weighted by Gasteiger charge is 2.19. The van der Waals surface area contributed by atoms with Crippen molar-refractivity contribution in [1.29, 1.82) is 0 Å². The van der Waals surface area contributed by atoms with Crippen molar-refractivity contribution in [3.8, 4) is 0 Å². The Morgan fingerprint density at radius 2 is 0.955 bits per heavy atom. The van der Waals surface area contributed by atoms with Crippen LogP contribution in [0.5, 0.6) is 0 Å². The lowest BCUT2D eigenvalue weighted by Gasteiger charge is -2.03. The lowest BCUT2D eigenvalue weighted by Crippen LogP contribution is -2.02. The van der Waals surface area contributed by atoms with Crippen LogP contribution in [0.4, 0.5) is 0 Å². The molecule has 0 aromatic rings. The molecule has 22 heavy (non-hydrogen) atoms. The van der Waals surface area contributed by atoms with Crippen molar-refractivity contribution in [2.75, 3.05) is 0 Å². The number of hydrogen-bond acceptors (Lipinski definition) is 0. The molecule has 0 aromatic heterocycles. The van der Waals surface area contributed by atoms with E-state index in [1.165, 1.54) is 89.9 Å². The van der Waals surface area contributed by atoms with Crippen LogP contribution >= 0.6 is 33.2 Å². The van der Waals surface area contributed by atoms with E-state index in [-0.39, 0.29) is 0 Å². The summed E-state index contributed by atoms with van der Waals surface area (Å²) < 4.78 is 0. The Hall–Kier alpha value is 0.827. The normalized spacial score (nSPS) is 12.4. The van der Waals surface area contributed by atoms with Gasteiger partial charge in [0.2, 0.25) is 0 Å². The van der Waals surface area contributed by atoms with E-state index in [4.69, 9.17) is 33.2 Å². The third-order valence-electron chi connectivity index (χ3n) is 4.03. The van der Waals surface area contributed by atoms with Gasteiger partial charge in [0.25, 0.3) is 0 Å². The average Bonchev–Trinajstić information content (AvgIpc) is 2.45. The smallest absolute Gasteiger partial charge is 0.121 e. The zero-order chi connectivity index (χ0) is 16.5. The highest BCUT2D eigenvalue weighted by atomic mass is 35.8. The number of allylic oxidation sites excluding steroid dienone is 1. The third kappa shape index (κ3) is 20.8. The SMILES string of the molecule is CCCCCCCCCCCCCCCCC=C[Si](Cl)(Cl)Cl. The second-order valence-electron chi connectivity index (χ2n) is 6.33. The van der Waals surface area contributed by atoms with Crippen LogP contribution in [0, 0.1) is 0 Å². The average molecular weight is 386 g/mol. The molecule has 0 fully saturated rings. The molecule has 0 N–H and O–H groups in total. The molecule has 0 spiro atoms. The molecule has 0 rings (SSSR count). The number of halogens is 3. The molecule has 0 heterocycles. The van der Waals surface area contributed by atoms with Crippen molar-refractivity contribution in [2.45, 2.75) is 103 Å². The van der Waals surface area contributed by atoms with Gasteiger partial charge in [-0.1, -0.05) is 102 Å². The summed E-state index contributed by atoms with van der Waals surface area (Å²) in [6.45, 7) is 2.28. The molecular weight excluding hydrogens is 351 g/mol. The van der Waals surface area contributed by atoms with Gasteiger partial charge in [0.05, 0.1) is 0 Å². The standard InChI is InChI=1S/C18H35Cl3Si/c1-2-3-4-5-6-7-8-9-10-11-12-13-14-15-16-17-18-22(19,20)21/h17-18H,2-16H2,1H3. The zero-order valence-electron chi connectivity index (χ0n) is 14.4. The molecule has 4 heteroatoms. The van der Waals surface area contributed by atoms with Crippen LogP contribution in [0.15, 0.2) is 11.8 Å². The van der Waals surface area contributed by atoms with Crippen molar-refractivity contribution in [1.82, 2.24) is 0 Å². The van der Waals surface area contributed by atoms with Crippen molar-refractivity contribution < 1.29 is 0 Å². The molecule has 0 unspecified atom stereocenters. The van der Waals surface area contributed by atoms with Gasteiger partial charge in [-0.15, -0.1) is 33.2 Å². The molecule has 0 amide bonds. The maximum Gasteiger partial charge on any atom is 0.365 e. The van der Waals surface area contributed by atoms with Gasteiger partial charge in [0.15, 0.2) is 0 Å². The van der Waals surface area contributed by atoms with Gasteiger partial charge in [0.1, 0.15) is 0 Å². The van der Waals surface area contributed by atoms with E-state index in [0.717, 1.165) is 6.42 Å². The monoisotopic (exact) mass is 384 g/mol. The fraction of sp³-hybridized carbons (Fsp3) is 0.889. The van der Waals surface area contributed by atoms with Crippen LogP contribution in [0.1, 0.15) is 103 Å². The van der Waals surface area contributed by atoms with Gasteiger partial charge in [-0.25, -0.2) is 0 Å². The summed E-state index contributed by atoms with van der Waals surface area (Å²) in [6.07, 6.45) is 22.6. The summed E-state index contributed by atoms with van der Waals surface area (Å²) in [6, 6.07) is -2.53. The Morgan fingerprint density at radius 1 is 0.591 bits per heavy atom. The number of hydrogen-bond donors (Lipinski definition) is 0. The van der Waals surface area contributed by atoms with Crippen LogP contribution in [0.3, 0.4) is 0 Å². The molecule has 0 nitrogen and oxygen atoms in total. The molecule has 0 atom stereocenters. The van der Waals surface area contributed by atoms with E-state index in [1.54, 1.807) is 5.70 Å². The minimum Gasteiger partial charge on any atom is -0.121 e. The van der Waals surface area contributed by atoms with Crippen LogP contribution in [0.2, 0.25) is 0 Å². The zero-order valence-corrected chi connectivity index (χ0v) is 17.7. The summed E-state index contributed by atoms with van der Waals surface area (Å²) >= 11 is 17.3. The van der Waals surface area contributed by atoms with E-state index in [1.807, 2.05) is 6.08 Å². The molecule has 0 aliphatic heterocycles. The van der Waals surface area contributed by atoms with Gasteiger partial charge in [-0.05, 0) is 12.8 Å². The maximum atomic E-state index is 5.78. The first-order valence-corrected chi connectivity index (χ1v) is 14.4. The second kappa shape index (κ2) is 16.7. The van der Waals surface area contributed by atoms with Crippen molar-refractivity contribution >= 4 is 39.2 Å². The number of unbranched alkanes of at least 4 members (excludes halogenated alkanes) is 14. The predicted molar refractivity (Wildman–Crippen MR) is 107 cm³/mol. The first kappa shape index (κ1) is 22.8. The Labute approximate surface area is 154 Å². The second-order valence-corrected chi connectivity index (χ2v) is 14.9. The van der Waals surface area contributed by atoms with E-state index in [0.29, 0.717) is 0 Å². The van der Waals surface area contributed by atoms with E-state index < -0.39 is 6.00 Å². The highest BCUT2D eigenvalue weighted by molar-refractivity contribution is 7.66. The Kier molecular flexibility index (Phi) is 17.3. The summed E-state index contributed by atoms with van der Waals surface area (Å²) in [7, 11) is 0. The number of rotatable bonds is 16. The van der Waals surface area contributed by atoms with Crippen LogP contribution in [-0.4, -0.2) is 6.00 Å². The Bertz CT molecular complexity index is 249. The molecule has 0 radical (unpaired) electrons. The van der Waals surface area contributed by atoms with Crippen molar-refractivity contribution in [2.24, 2.45) is 0 Å². The molecule has 0 bridgehead atoms. The van der Waals surface area contributed by atoms with E-state index in [9.17, 15) is 0 Å². The van der Waals surface area contributed by atoms with Crippen LogP contribution in [0.25, 0.3) is 0 Å². The van der Waals surface area contributed by atoms with Crippen molar-refractivity contribution in [3.05, 3.63) is 11.8 Å². The molecule has 0 aromatic carbocycles. The molecule has 0 aliphatic rings. The Morgan fingerprint density at radius 3 is 1.32 bits per heavy atom. The molecule has 132 valence electrons. The minimum atomic E-state index is -2.53. The van der Waals surface area contributed by atoms with Crippen molar-refractivity contribution in [3.63, 3.8) is 0 Å². The van der Waals surface area contributed by atoms with Gasteiger partial charge >= 0.3 is 6.00 Å². The molecular formula is C18H35Cl3Si. The quantitative estimate of drug-likeness (QED) is 0.142. The largest absolute Gasteiger partial charge is 0.365 e. The van der Waals surface area contributed by atoms with Gasteiger partial charge in [-0.2, -0.15) is 0 Å². The van der Waals surface area contributed by atoms with E-state index in [2.05, 4.69) is 6.92 Å². The third-order valence-corrected chi connectivity index (χ3v) is 5.78. The van der Waals surface area contributed by atoms with Gasteiger partial charge in [-0.3, -0.25) is 0 Å². The fourth-order valence-electron chi connectivity index (χ4n) is 2.67. The Balaban J connectivity index is 3.07. The lowest BCUT2D eigenvalue weighted by atomic mass is 10.0.